The van der Waals surface area contributed by atoms with Gasteiger partial charge in [0, 0.05) is 32.6 Å². The Balaban J connectivity index is 1.30. The van der Waals surface area contributed by atoms with Gasteiger partial charge in [-0.1, -0.05) is 30.3 Å². The molecule has 0 atom stereocenters. The van der Waals surface area contributed by atoms with Crippen molar-refractivity contribution in [2.45, 2.75) is 13.0 Å². The van der Waals surface area contributed by atoms with Crippen molar-refractivity contribution in [2.24, 2.45) is 4.99 Å². The summed E-state index contributed by atoms with van der Waals surface area (Å²) in [6.07, 6.45) is 0.789. The molecule has 0 spiro atoms. The highest BCUT2D eigenvalue weighted by atomic mass is 16.5. The van der Waals surface area contributed by atoms with Crippen LogP contribution in [0, 0.1) is 0 Å². The van der Waals surface area contributed by atoms with Gasteiger partial charge in [-0.15, -0.1) is 0 Å². The second-order valence-electron chi connectivity index (χ2n) is 7.24. The highest BCUT2D eigenvalue weighted by Crippen LogP contribution is 2.31. The molecule has 1 aliphatic heterocycles. The number of aliphatic imine (C=N–C) groups is 1. The molecule has 1 aromatic heterocycles. The molecule has 1 aliphatic rings. The quantitative estimate of drug-likeness (QED) is 0.387. The van der Waals surface area contributed by atoms with E-state index in [2.05, 4.69) is 16.4 Å². The average Bonchev–Trinajstić information content (AvgIpc) is 3.17. The zero-order chi connectivity index (χ0) is 20.9. The Morgan fingerprint density at radius 2 is 2.00 bits per heavy atom. The van der Waals surface area contributed by atoms with Gasteiger partial charge in [-0.3, -0.25) is 9.79 Å². The second kappa shape index (κ2) is 8.90. The minimum absolute atomic E-state index is 0.0138. The number of amides is 1. The number of para-hydroxylation sites is 3. The molecule has 0 radical (unpaired) electrons. The van der Waals surface area contributed by atoms with Crippen molar-refractivity contribution in [3.63, 3.8) is 0 Å². The highest BCUT2D eigenvalue weighted by molar-refractivity contribution is 5.97. The summed E-state index contributed by atoms with van der Waals surface area (Å²) in [6, 6.07) is 17.7. The molecule has 0 bridgehead atoms. The molecule has 7 heteroatoms. The SMILES string of the molecule is CN=C(NCCCN1C(=O)COc2ccccc21)N(C)Cc1cc2ccccc2o1. The van der Waals surface area contributed by atoms with Crippen molar-refractivity contribution >= 4 is 28.5 Å². The molecule has 0 fully saturated rings. The topological polar surface area (TPSA) is 70.3 Å². The normalized spacial score (nSPS) is 13.9. The van der Waals surface area contributed by atoms with Crippen LogP contribution in [-0.4, -0.2) is 50.6 Å². The summed E-state index contributed by atoms with van der Waals surface area (Å²) in [5.41, 5.74) is 1.72. The lowest BCUT2D eigenvalue weighted by molar-refractivity contribution is -0.121. The van der Waals surface area contributed by atoms with Crippen LogP contribution in [0.25, 0.3) is 11.0 Å². The number of nitrogens with zero attached hydrogens (tertiary/aromatic N) is 3. The Morgan fingerprint density at radius 3 is 2.83 bits per heavy atom. The van der Waals surface area contributed by atoms with Crippen LogP contribution in [-0.2, 0) is 11.3 Å². The number of anilines is 1. The van der Waals surface area contributed by atoms with E-state index in [4.69, 9.17) is 9.15 Å². The van der Waals surface area contributed by atoms with Crippen LogP contribution < -0.4 is 15.0 Å². The molecular weight excluding hydrogens is 380 g/mol. The number of carbonyl (C=O) groups is 1. The van der Waals surface area contributed by atoms with Crippen molar-refractivity contribution in [3.8, 4) is 5.75 Å². The van der Waals surface area contributed by atoms with Gasteiger partial charge in [0.1, 0.15) is 17.1 Å². The molecule has 7 nitrogen and oxygen atoms in total. The minimum Gasteiger partial charge on any atom is -0.482 e. The van der Waals surface area contributed by atoms with Gasteiger partial charge in [-0.05, 0) is 30.7 Å². The van der Waals surface area contributed by atoms with Gasteiger partial charge in [0.15, 0.2) is 12.6 Å². The Morgan fingerprint density at radius 1 is 1.20 bits per heavy atom. The van der Waals surface area contributed by atoms with Gasteiger partial charge in [-0.25, -0.2) is 0 Å². The van der Waals surface area contributed by atoms with Crippen LogP contribution in [0.15, 0.2) is 64.0 Å². The second-order valence-corrected chi connectivity index (χ2v) is 7.24. The maximum absolute atomic E-state index is 12.3. The molecule has 0 unspecified atom stereocenters. The van der Waals surface area contributed by atoms with Crippen LogP contribution in [0.5, 0.6) is 5.75 Å². The van der Waals surface area contributed by atoms with E-state index < -0.39 is 0 Å². The summed E-state index contributed by atoms with van der Waals surface area (Å²) in [6.45, 7) is 2.02. The number of hydrogen-bond donors (Lipinski definition) is 1. The molecule has 4 rings (SSSR count). The van der Waals surface area contributed by atoms with E-state index >= 15 is 0 Å². The molecular formula is C23H26N4O3. The molecule has 0 aliphatic carbocycles. The summed E-state index contributed by atoms with van der Waals surface area (Å²) in [4.78, 5) is 20.4. The standard InChI is InChI=1S/C23H26N4O3/c1-24-23(26(2)15-18-14-17-8-3-5-10-20(17)30-18)25-12-7-13-27-19-9-4-6-11-21(19)29-16-22(27)28/h3-6,8-11,14H,7,12-13,15-16H2,1-2H3,(H,24,25). The van der Waals surface area contributed by atoms with E-state index in [0.29, 0.717) is 19.6 Å². The lowest BCUT2D eigenvalue weighted by atomic mass is 10.2. The zero-order valence-corrected chi connectivity index (χ0v) is 17.3. The number of fused-ring (bicyclic) bond motifs is 2. The Hall–Kier alpha value is -3.48. The van der Waals surface area contributed by atoms with E-state index in [9.17, 15) is 4.79 Å². The number of ether oxygens (including phenoxy) is 1. The molecule has 30 heavy (non-hydrogen) atoms. The minimum atomic E-state index is -0.0138. The largest absolute Gasteiger partial charge is 0.482 e. The van der Waals surface area contributed by atoms with Crippen molar-refractivity contribution in [3.05, 3.63) is 60.4 Å². The number of nitrogens with one attached hydrogen (secondary N) is 1. The number of benzene rings is 2. The molecule has 2 aromatic carbocycles. The maximum Gasteiger partial charge on any atom is 0.265 e. The first kappa shape index (κ1) is 19.8. The number of rotatable bonds is 6. The van der Waals surface area contributed by atoms with E-state index in [1.165, 1.54) is 0 Å². The maximum atomic E-state index is 12.3. The van der Waals surface area contributed by atoms with Crippen molar-refractivity contribution in [2.75, 3.05) is 38.7 Å². The van der Waals surface area contributed by atoms with E-state index in [1.807, 2.05) is 60.5 Å². The van der Waals surface area contributed by atoms with Crippen LogP contribution >= 0.6 is 0 Å². The number of carbonyl (C=O) groups excluding carboxylic acids is 1. The smallest absolute Gasteiger partial charge is 0.265 e. The third-order valence-electron chi connectivity index (χ3n) is 5.09. The van der Waals surface area contributed by atoms with Gasteiger partial charge < -0.3 is 24.3 Å². The molecule has 1 amide bonds. The van der Waals surface area contributed by atoms with Gasteiger partial charge in [0.2, 0.25) is 0 Å². The first-order valence-corrected chi connectivity index (χ1v) is 10.1. The summed E-state index contributed by atoms with van der Waals surface area (Å²) in [7, 11) is 3.74. The molecule has 0 saturated carbocycles. The number of guanidine groups is 1. The molecule has 0 saturated heterocycles. The molecule has 156 valence electrons. The van der Waals surface area contributed by atoms with Crippen LogP contribution in [0.1, 0.15) is 12.2 Å². The van der Waals surface area contributed by atoms with Gasteiger partial charge in [-0.2, -0.15) is 0 Å². The predicted octanol–water partition coefficient (Wildman–Crippen LogP) is 3.26. The highest BCUT2D eigenvalue weighted by Gasteiger charge is 2.24. The predicted molar refractivity (Wildman–Crippen MR) is 118 cm³/mol. The Labute approximate surface area is 175 Å². The summed E-state index contributed by atoms with van der Waals surface area (Å²) >= 11 is 0. The Bertz CT molecular complexity index is 1030. The van der Waals surface area contributed by atoms with E-state index in [0.717, 1.165) is 40.5 Å². The van der Waals surface area contributed by atoms with Crippen molar-refractivity contribution in [1.82, 2.24) is 10.2 Å². The Kier molecular flexibility index (Phi) is 5.88. The summed E-state index contributed by atoms with van der Waals surface area (Å²) in [5.74, 6) is 2.41. The lowest BCUT2D eigenvalue weighted by Gasteiger charge is -2.29. The molecule has 3 aromatic rings. The van der Waals surface area contributed by atoms with Crippen LogP contribution in [0.3, 0.4) is 0 Å². The summed E-state index contributed by atoms with van der Waals surface area (Å²) < 4.78 is 11.4. The monoisotopic (exact) mass is 406 g/mol. The third-order valence-corrected chi connectivity index (χ3v) is 5.09. The van der Waals surface area contributed by atoms with Crippen molar-refractivity contribution < 1.29 is 13.9 Å². The summed E-state index contributed by atoms with van der Waals surface area (Å²) in [5, 5.41) is 4.46. The number of furan rings is 1. The number of hydrogen-bond acceptors (Lipinski definition) is 4. The lowest BCUT2D eigenvalue weighted by Crippen LogP contribution is -2.42. The van der Waals surface area contributed by atoms with Gasteiger partial charge in [0.25, 0.3) is 5.91 Å². The van der Waals surface area contributed by atoms with E-state index in [-0.39, 0.29) is 12.5 Å². The zero-order valence-electron chi connectivity index (χ0n) is 17.3. The average molecular weight is 406 g/mol. The van der Waals surface area contributed by atoms with Gasteiger partial charge in [0.05, 0.1) is 12.2 Å². The molecule has 2 heterocycles. The fourth-order valence-corrected chi connectivity index (χ4v) is 3.64. The first-order chi connectivity index (χ1) is 14.7. The van der Waals surface area contributed by atoms with Gasteiger partial charge >= 0.3 is 0 Å². The molecule has 1 N–H and O–H groups in total. The van der Waals surface area contributed by atoms with Crippen LogP contribution in [0.2, 0.25) is 0 Å². The van der Waals surface area contributed by atoms with Crippen LogP contribution in [0.4, 0.5) is 5.69 Å². The third kappa shape index (κ3) is 4.25. The first-order valence-electron chi connectivity index (χ1n) is 10.1. The van der Waals surface area contributed by atoms with E-state index in [1.54, 1.807) is 11.9 Å². The fraction of sp³-hybridized carbons (Fsp3) is 0.304. The van der Waals surface area contributed by atoms with Crippen molar-refractivity contribution in [1.29, 1.82) is 0 Å². The fourth-order valence-electron chi connectivity index (χ4n) is 3.64.